The molecule has 1 saturated heterocycles. The van der Waals surface area contributed by atoms with E-state index >= 15 is 0 Å². The number of carbonyl (C=O) groups excluding carboxylic acids is 1. The Morgan fingerprint density at radius 1 is 1.27 bits per heavy atom. The predicted molar refractivity (Wildman–Crippen MR) is 120 cm³/mol. The zero-order valence-corrected chi connectivity index (χ0v) is 18.4. The lowest BCUT2D eigenvalue weighted by Crippen LogP contribution is -2.54. The summed E-state index contributed by atoms with van der Waals surface area (Å²) in [5.74, 6) is -0.518. The number of carbonyl (C=O) groups is 2. The molecule has 2 aliphatic rings. The molecular weight excluding hydrogens is 451 g/mol. The second kappa shape index (κ2) is 8.79. The molecule has 1 fully saturated rings. The molecule has 8 nitrogen and oxygen atoms in total. The summed E-state index contributed by atoms with van der Waals surface area (Å²) in [5, 5.41) is 19.7. The van der Waals surface area contributed by atoms with Gasteiger partial charge in [-0.2, -0.15) is 5.26 Å². The highest BCUT2D eigenvalue weighted by molar-refractivity contribution is 6.33. The quantitative estimate of drug-likeness (QED) is 0.657. The molecule has 0 aromatic heterocycles. The molecule has 0 spiro atoms. The van der Waals surface area contributed by atoms with E-state index in [0.717, 1.165) is 10.5 Å². The smallest absolute Gasteiger partial charge is 0.412 e. The fourth-order valence-electron chi connectivity index (χ4n) is 4.31. The van der Waals surface area contributed by atoms with Gasteiger partial charge in [-0.25, -0.2) is 9.18 Å². The van der Waals surface area contributed by atoms with Crippen molar-refractivity contribution in [2.24, 2.45) is 5.41 Å². The first kappa shape index (κ1) is 22.7. The van der Waals surface area contributed by atoms with Crippen LogP contribution in [0.25, 0.3) is 0 Å². The van der Waals surface area contributed by atoms with Crippen molar-refractivity contribution in [1.29, 1.82) is 5.26 Å². The van der Waals surface area contributed by atoms with Crippen LogP contribution in [0.5, 0.6) is 5.75 Å². The number of nitrogens with two attached hydrogens (primary N) is 1. The molecule has 2 amide bonds. The lowest BCUT2D eigenvalue weighted by atomic mass is 9.75. The van der Waals surface area contributed by atoms with Crippen LogP contribution in [0.3, 0.4) is 0 Å². The summed E-state index contributed by atoms with van der Waals surface area (Å²) in [5.41, 5.74) is 6.46. The maximum absolute atomic E-state index is 13.2. The van der Waals surface area contributed by atoms with Gasteiger partial charge in [-0.05, 0) is 43.0 Å². The number of hydrogen-bond acceptors (Lipinski definition) is 5. The molecule has 0 bridgehead atoms. The molecule has 2 aromatic rings. The van der Waals surface area contributed by atoms with Crippen molar-refractivity contribution in [3.8, 4) is 11.8 Å². The SMILES string of the molecule is N#CC1(Cc2ccc(F)cc2)CCN(C(=O)C2CN(C(=O)O)c3cc(Cl)c(N)cc3O2)CC1. The Bertz CT molecular complexity index is 1130. The fraction of sp³-hybridized carbons (Fsp3) is 0.348. The van der Waals surface area contributed by atoms with E-state index in [-0.39, 0.29) is 40.4 Å². The van der Waals surface area contributed by atoms with Crippen LogP contribution in [-0.2, 0) is 11.2 Å². The number of halogens is 2. The van der Waals surface area contributed by atoms with Crippen molar-refractivity contribution in [1.82, 2.24) is 4.90 Å². The number of nitrogens with zero attached hydrogens (tertiary/aromatic N) is 3. The van der Waals surface area contributed by atoms with Gasteiger partial charge in [0.25, 0.3) is 5.91 Å². The van der Waals surface area contributed by atoms with Crippen LogP contribution in [0.4, 0.5) is 20.6 Å². The average molecular weight is 473 g/mol. The van der Waals surface area contributed by atoms with E-state index in [0.29, 0.717) is 32.4 Å². The Balaban J connectivity index is 1.47. The number of piperidine rings is 1. The Morgan fingerprint density at radius 3 is 2.55 bits per heavy atom. The van der Waals surface area contributed by atoms with Crippen molar-refractivity contribution in [3.63, 3.8) is 0 Å². The number of nitriles is 1. The fourth-order valence-corrected chi connectivity index (χ4v) is 4.47. The summed E-state index contributed by atoms with van der Waals surface area (Å²) in [6.07, 6.45) is -0.922. The van der Waals surface area contributed by atoms with Crippen LogP contribution in [0.1, 0.15) is 18.4 Å². The van der Waals surface area contributed by atoms with Crippen molar-refractivity contribution in [2.75, 3.05) is 30.3 Å². The van der Waals surface area contributed by atoms with Crippen molar-refractivity contribution in [3.05, 3.63) is 52.8 Å². The summed E-state index contributed by atoms with van der Waals surface area (Å²) >= 11 is 6.02. The number of carboxylic acid groups (broad SMARTS) is 1. The molecule has 4 rings (SSSR count). The predicted octanol–water partition coefficient (Wildman–Crippen LogP) is 3.68. The van der Waals surface area contributed by atoms with E-state index in [9.17, 15) is 24.3 Å². The van der Waals surface area contributed by atoms with Crippen LogP contribution >= 0.6 is 11.6 Å². The first-order chi connectivity index (χ1) is 15.7. The number of fused-ring (bicyclic) bond motifs is 1. The zero-order valence-electron chi connectivity index (χ0n) is 17.6. The van der Waals surface area contributed by atoms with E-state index in [1.807, 2.05) is 0 Å². The molecular formula is C23H22ClFN4O4. The number of benzene rings is 2. The number of rotatable bonds is 3. The molecule has 2 aliphatic heterocycles. The minimum atomic E-state index is -1.24. The highest BCUT2D eigenvalue weighted by Gasteiger charge is 2.41. The lowest BCUT2D eigenvalue weighted by Gasteiger charge is -2.40. The monoisotopic (exact) mass is 472 g/mol. The van der Waals surface area contributed by atoms with Crippen molar-refractivity contribution >= 4 is 35.0 Å². The molecule has 1 atom stereocenters. The summed E-state index contributed by atoms with van der Waals surface area (Å²) in [4.78, 5) is 27.6. The van der Waals surface area contributed by atoms with Gasteiger partial charge in [0.05, 0.1) is 34.4 Å². The first-order valence-corrected chi connectivity index (χ1v) is 10.8. The van der Waals surface area contributed by atoms with Gasteiger partial charge in [0.15, 0.2) is 6.10 Å². The molecule has 1 unspecified atom stereocenters. The van der Waals surface area contributed by atoms with Gasteiger partial charge in [-0.3, -0.25) is 9.69 Å². The minimum absolute atomic E-state index is 0.170. The third-order valence-electron chi connectivity index (χ3n) is 6.22. The largest absolute Gasteiger partial charge is 0.476 e. The highest BCUT2D eigenvalue weighted by atomic mass is 35.5. The van der Waals surface area contributed by atoms with Gasteiger partial charge in [0.1, 0.15) is 11.6 Å². The van der Waals surface area contributed by atoms with Gasteiger partial charge < -0.3 is 20.5 Å². The summed E-state index contributed by atoms with van der Waals surface area (Å²) in [7, 11) is 0. The molecule has 0 saturated carbocycles. The second-order valence-electron chi connectivity index (χ2n) is 8.36. The summed E-state index contributed by atoms with van der Waals surface area (Å²) in [6, 6.07) is 11.3. The van der Waals surface area contributed by atoms with Gasteiger partial charge in [0, 0.05) is 19.2 Å². The molecule has 0 aliphatic carbocycles. The average Bonchev–Trinajstić information content (AvgIpc) is 2.80. The minimum Gasteiger partial charge on any atom is -0.476 e. The van der Waals surface area contributed by atoms with Gasteiger partial charge in [0.2, 0.25) is 0 Å². The van der Waals surface area contributed by atoms with Gasteiger partial charge in [-0.1, -0.05) is 23.7 Å². The molecule has 172 valence electrons. The van der Waals surface area contributed by atoms with Crippen LogP contribution in [0.15, 0.2) is 36.4 Å². The van der Waals surface area contributed by atoms with E-state index in [2.05, 4.69) is 6.07 Å². The van der Waals surface area contributed by atoms with Gasteiger partial charge in [-0.15, -0.1) is 0 Å². The maximum atomic E-state index is 13.2. The summed E-state index contributed by atoms with van der Waals surface area (Å²) in [6.45, 7) is 0.475. The summed E-state index contributed by atoms with van der Waals surface area (Å²) < 4.78 is 19.0. The molecule has 3 N–H and O–H groups in total. The van der Waals surface area contributed by atoms with Crippen LogP contribution in [0.2, 0.25) is 5.02 Å². The van der Waals surface area contributed by atoms with Crippen LogP contribution < -0.4 is 15.4 Å². The zero-order chi connectivity index (χ0) is 23.8. The van der Waals surface area contributed by atoms with E-state index in [1.54, 1.807) is 17.0 Å². The van der Waals surface area contributed by atoms with Crippen LogP contribution in [-0.4, -0.2) is 47.7 Å². The van der Waals surface area contributed by atoms with E-state index in [4.69, 9.17) is 22.1 Å². The number of ether oxygens (including phenoxy) is 1. The molecule has 0 radical (unpaired) electrons. The Labute approximate surface area is 194 Å². The number of nitrogen functional groups attached to an aromatic ring is 1. The molecule has 2 aromatic carbocycles. The Hall–Kier alpha value is -3.51. The van der Waals surface area contributed by atoms with E-state index in [1.165, 1.54) is 24.3 Å². The maximum Gasteiger partial charge on any atom is 0.412 e. The number of likely N-dealkylation sites (tertiary alicyclic amines) is 1. The van der Waals surface area contributed by atoms with Crippen LogP contribution in [0, 0.1) is 22.6 Å². The number of hydrogen-bond donors (Lipinski definition) is 2. The normalized spacial score (nSPS) is 19.2. The van der Waals surface area contributed by atoms with E-state index < -0.39 is 17.6 Å². The molecule has 2 heterocycles. The molecule has 33 heavy (non-hydrogen) atoms. The molecule has 10 heteroatoms. The van der Waals surface area contributed by atoms with Gasteiger partial charge >= 0.3 is 6.09 Å². The van der Waals surface area contributed by atoms with Crippen molar-refractivity contribution < 1.29 is 23.8 Å². The number of amides is 2. The first-order valence-electron chi connectivity index (χ1n) is 10.4. The Morgan fingerprint density at radius 2 is 1.94 bits per heavy atom. The van der Waals surface area contributed by atoms with Crippen molar-refractivity contribution in [2.45, 2.75) is 25.4 Å². The Kier molecular flexibility index (Phi) is 6.04. The lowest BCUT2D eigenvalue weighted by molar-refractivity contribution is -0.140. The highest BCUT2D eigenvalue weighted by Crippen LogP contribution is 2.40. The topological polar surface area (TPSA) is 120 Å². The third-order valence-corrected chi connectivity index (χ3v) is 6.55. The standard InChI is InChI=1S/C23H22ClFN4O4/c24-16-9-18-19(10-17(16)27)33-20(12-29(18)22(31)32)21(30)28-7-5-23(13-26,6-8-28)11-14-1-3-15(25)4-2-14/h1-4,9-10,20H,5-8,11-12,27H2,(H,31,32). The number of anilines is 2. The third kappa shape index (κ3) is 4.52. The second-order valence-corrected chi connectivity index (χ2v) is 8.77.